The smallest absolute Gasteiger partial charge is 0.0283 e. The van der Waals surface area contributed by atoms with Crippen LogP contribution in [0.25, 0.3) is 0 Å². The van der Waals surface area contributed by atoms with Gasteiger partial charge in [0.1, 0.15) is 0 Å². The number of hydrogen-bond donors (Lipinski definition) is 0. The van der Waals surface area contributed by atoms with Gasteiger partial charge in [0.05, 0.1) is 0 Å². The fourth-order valence-electron chi connectivity index (χ4n) is 1.85. The Bertz CT molecular complexity index is 291. The first-order valence-corrected chi connectivity index (χ1v) is 7.27. The molecule has 0 spiro atoms. The van der Waals surface area contributed by atoms with Crippen molar-refractivity contribution in [3.8, 4) is 0 Å². The predicted molar refractivity (Wildman–Crippen MR) is 75.8 cm³/mol. The zero-order chi connectivity index (χ0) is 11.8. The molecule has 0 aromatic heterocycles. The van der Waals surface area contributed by atoms with E-state index in [2.05, 4.69) is 54.0 Å². The Balaban J connectivity index is 2.21. The number of halogens is 1. The molecule has 0 unspecified atom stereocenters. The monoisotopic (exact) mass is 281 g/mol. The number of alkyl halides is 1. The van der Waals surface area contributed by atoms with E-state index in [1.807, 2.05) is 0 Å². The summed E-state index contributed by atoms with van der Waals surface area (Å²) in [6.45, 7) is 4.44. The second-order valence-corrected chi connectivity index (χ2v) is 5.28. The van der Waals surface area contributed by atoms with Crippen LogP contribution in [0.3, 0.4) is 0 Å². The highest BCUT2D eigenvalue weighted by Crippen LogP contribution is 2.14. The first-order valence-electron chi connectivity index (χ1n) is 6.15. The number of benzene rings is 1. The van der Waals surface area contributed by atoms with Gasteiger partial charge in [-0.15, -0.1) is 0 Å². The average Bonchev–Trinajstić information content (AvgIpc) is 2.28. The average molecular weight is 282 g/mol. The maximum absolute atomic E-state index is 3.50. The van der Waals surface area contributed by atoms with Crippen LogP contribution in [0.4, 0.5) is 0 Å². The zero-order valence-electron chi connectivity index (χ0n) is 10.4. The van der Waals surface area contributed by atoms with E-state index in [0.717, 1.165) is 5.33 Å². The Morgan fingerprint density at radius 2 is 1.81 bits per heavy atom. The maximum Gasteiger partial charge on any atom is 0.0283 e. The lowest BCUT2D eigenvalue weighted by molar-refractivity contribution is 0.649. The molecule has 1 rings (SSSR count). The van der Waals surface area contributed by atoms with Crippen molar-refractivity contribution in [2.24, 2.45) is 0 Å². The Kier molecular flexibility index (Phi) is 6.79. The fraction of sp³-hybridized carbons (Fsp3) is 0.533. The number of rotatable bonds is 7. The van der Waals surface area contributed by atoms with E-state index in [1.165, 1.54) is 43.2 Å². The summed E-state index contributed by atoms with van der Waals surface area (Å²) in [5, 5.41) is 0.963. The van der Waals surface area contributed by atoms with Crippen molar-refractivity contribution >= 4 is 15.9 Å². The molecule has 0 saturated heterocycles. The molecular formula is C15H22Br. The lowest BCUT2D eigenvalue weighted by atomic mass is 10.0. The molecule has 0 heterocycles. The van der Waals surface area contributed by atoms with Gasteiger partial charge in [-0.2, -0.15) is 0 Å². The summed E-state index contributed by atoms with van der Waals surface area (Å²) in [7, 11) is 0. The first-order chi connectivity index (χ1) is 7.72. The number of unbranched alkanes of at least 4 members (excludes halogenated alkanes) is 2. The van der Waals surface area contributed by atoms with Gasteiger partial charge in [-0.25, -0.2) is 0 Å². The number of hydrogen-bond acceptors (Lipinski definition) is 0. The Morgan fingerprint density at radius 3 is 2.50 bits per heavy atom. The molecule has 16 heavy (non-hydrogen) atoms. The molecule has 0 fully saturated rings. The molecule has 0 nitrogen and oxygen atoms in total. The number of aryl methyl sites for hydroxylation is 1. The van der Waals surface area contributed by atoms with Crippen molar-refractivity contribution < 1.29 is 0 Å². The molecule has 0 amide bonds. The molecule has 0 aliphatic carbocycles. The van der Waals surface area contributed by atoms with Crippen LogP contribution in [0.1, 0.15) is 50.7 Å². The van der Waals surface area contributed by atoms with Crippen molar-refractivity contribution in [2.75, 3.05) is 0 Å². The second kappa shape index (κ2) is 7.89. The summed E-state index contributed by atoms with van der Waals surface area (Å²) in [6.07, 6.45) is 6.54. The minimum atomic E-state index is 0.963. The molecule has 89 valence electrons. The zero-order valence-corrected chi connectivity index (χ0v) is 12.0. The van der Waals surface area contributed by atoms with E-state index in [4.69, 9.17) is 0 Å². The fourth-order valence-corrected chi connectivity index (χ4v) is 2.20. The van der Waals surface area contributed by atoms with Crippen LogP contribution in [0.2, 0.25) is 0 Å². The summed E-state index contributed by atoms with van der Waals surface area (Å²) >= 11 is 3.50. The van der Waals surface area contributed by atoms with Gasteiger partial charge in [0.15, 0.2) is 0 Å². The summed E-state index contributed by atoms with van der Waals surface area (Å²) in [6, 6.07) is 8.89. The van der Waals surface area contributed by atoms with Gasteiger partial charge in [-0.05, 0) is 36.3 Å². The van der Waals surface area contributed by atoms with E-state index in [0.29, 0.717) is 0 Å². The van der Waals surface area contributed by atoms with Crippen molar-refractivity contribution in [1.82, 2.24) is 0 Å². The van der Waals surface area contributed by atoms with E-state index in [9.17, 15) is 0 Å². The van der Waals surface area contributed by atoms with Crippen molar-refractivity contribution in [3.63, 3.8) is 0 Å². The SMILES string of the molecule is C[C](C)CCCCCc1cccc(CBr)c1. The van der Waals surface area contributed by atoms with E-state index in [1.54, 1.807) is 5.92 Å². The van der Waals surface area contributed by atoms with Gasteiger partial charge in [-0.1, -0.05) is 66.9 Å². The largest absolute Gasteiger partial charge is 0.0876 e. The quantitative estimate of drug-likeness (QED) is 0.470. The summed E-state index contributed by atoms with van der Waals surface area (Å²) < 4.78 is 0. The molecule has 0 aliphatic rings. The van der Waals surface area contributed by atoms with E-state index >= 15 is 0 Å². The molecule has 0 atom stereocenters. The van der Waals surface area contributed by atoms with Crippen LogP contribution in [0.5, 0.6) is 0 Å². The van der Waals surface area contributed by atoms with Gasteiger partial charge in [0.25, 0.3) is 0 Å². The summed E-state index contributed by atoms with van der Waals surface area (Å²) in [5.41, 5.74) is 2.87. The predicted octanol–water partition coefficient (Wildman–Crippen LogP) is 5.30. The third-order valence-corrected chi connectivity index (χ3v) is 3.44. The highest BCUT2D eigenvalue weighted by molar-refractivity contribution is 9.08. The minimum absolute atomic E-state index is 0.963. The van der Waals surface area contributed by atoms with Crippen molar-refractivity contribution in [3.05, 3.63) is 41.3 Å². The lowest BCUT2D eigenvalue weighted by Crippen LogP contribution is -1.89. The Labute approximate surface area is 109 Å². The molecule has 1 aromatic carbocycles. The molecule has 0 N–H and O–H groups in total. The van der Waals surface area contributed by atoms with Gasteiger partial charge >= 0.3 is 0 Å². The molecular weight excluding hydrogens is 260 g/mol. The Morgan fingerprint density at radius 1 is 1.06 bits per heavy atom. The second-order valence-electron chi connectivity index (χ2n) is 4.72. The minimum Gasteiger partial charge on any atom is -0.0876 e. The highest BCUT2D eigenvalue weighted by atomic mass is 79.9. The maximum atomic E-state index is 3.50. The van der Waals surface area contributed by atoms with Gasteiger partial charge in [0.2, 0.25) is 0 Å². The van der Waals surface area contributed by atoms with Gasteiger partial charge in [0, 0.05) is 5.33 Å². The summed E-state index contributed by atoms with van der Waals surface area (Å²) in [4.78, 5) is 0. The van der Waals surface area contributed by atoms with Crippen molar-refractivity contribution in [1.29, 1.82) is 0 Å². The van der Waals surface area contributed by atoms with Crippen LogP contribution in [-0.2, 0) is 11.8 Å². The van der Waals surface area contributed by atoms with Gasteiger partial charge < -0.3 is 0 Å². The topological polar surface area (TPSA) is 0 Å². The first kappa shape index (κ1) is 13.8. The van der Waals surface area contributed by atoms with Crippen LogP contribution in [0.15, 0.2) is 24.3 Å². The highest BCUT2D eigenvalue weighted by Gasteiger charge is 1.97. The standard InChI is InChI=1S/C15H22Br/c1-13(2)7-4-3-5-8-14-9-6-10-15(11-14)12-16/h6,9-11H,3-5,7-8,12H2,1-2H3. The van der Waals surface area contributed by atoms with E-state index in [-0.39, 0.29) is 0 Å². The normalized spacial score (nSPS) is 11.0. The molecule has 1 heteroatoms. The third kappa shape index (κ3) is 5.69. The van der Waals surface area contributed by atoms with Crippen LogP contribution < -0.4 is 0 Å². The van der Waals surface area contributed by atoms with Gasteiger partial charge in [-0.3, -0.25) is 0 Å². The Hall–Kier alpha value is -0.300. The van der Waals surface area contributed by atoms with Crippen LogP contribution in [0, 0.1) is 5.92 Å². The third-order valence-electron chi connectivity index (χ3n) is 2.79. The molecule has 1 radical (unpaired) electrons. The molecule has 0 saturated carbocycles. The van der Waals surface area contributed by atoms with Crippen molar-refractivity contribution in [2.45, 2.75) is 51.3 Å². The summed E-state index contributed by atoms with van der Waals surface area (Å²) in [5.74, 6) is 1.56. The molecule has 0 bridgehead atoms. The van der Waals surface area contributed by atoms with Crippen LogP contribution >= 0.6 is 15.9 Å². The van der Waals surface area contributed by atoms with Crippen LogP contribution in [-0.4, -0.2) is 0 Å². The lowest BCUT2D eigenvalue weighted by Gasteiger charge is -2.05. The molecule has 0 aliphatic heterocycles. The van der Waals surface area contributed by atoms with E-state index < -0.39 is 0 Å². The molecule has 1 aromatic rings.